The Hall–Kier alpha value is -1.53. The average molecular weight is 326 g/mol. The molecule has 1 aromatic rings. The van der Waals surface area contributed by atoms with Gasteiger partial charge in [-0.3, -0.25) is 0 Å². The fourth-order valence-corrected chi connectivity index (χ4v) is 2.03. The van der Waals surface area contributed by atoms with Crippen molar-refractivity contribution >= 4 is 6.09 Å². The Kier molecular flexibility index (Phi) is 7.58. The number of methoxy groups -OCH3 is 1. The lowest BCUT2D eigenvalue weighted by Crippen LogP contribution is -2.42. The number of amides is 1. The number of carbonyl (C=O) groups excluding carboxylic acids is 1. The van der Waals surface area contributed by atoms with E-state index in [0.717, 1.165) is 11.5 Å². The van der Waals surface area contributed by atoms with Gasteiger partial charge in [-0.1, -0.05) is 0 Å². The molecule has 0 saturated carbocycles. The van der Waals surface area contributed by atoms with Crippen LogP contribution in [-0.4, -0.2) is 49.9 Å². The number of aryl methyl sites for hydroxylation is 1. The average Bonchev–Trinajstić information content (AvgIpc) is 2.87. The molecule has 23 heavy (non-hydrogen) atoms. The summed E-state index contributed by atoms with van der Waals surface area (Å²) in [6.45, 7) is 11.7. The molecule has 1 aromatic heterocycles. The molecule has 1 amide bonds. The van der Waals surface area contributed by atoms with Crippen LogP contribution in [0, 0.1) is 6.92 Å². The van der Waals surface area contributed by atoms with Crippen LogP contribution in [0.2, 0.25) is 0 Å². The molecule has 6 nitrogen and oxygen atoms in total. The second kappa shape index (κ2) is 8.93. The fraction of sp³-hybridized carbons (Fsp3) is 0.706. The minimum Gasteiger partial charge on any atom is -0.465 e. The number of carbonyl (C=O) groups is 1. The van der Waals surface area contributed by atoms with Crippen molar-refractivity contribution in [2.24, 2.45) is 0 Å². The highest BCUT2D eigenvalue weighted by atomic mass is 16.6. The van der Waals surface area contributed by atoms with Crippen LogP contribution in [0.4, 0.5) is 4.79 Å². The summed E-state index contributed by atoms with van der Waals surface area (Å²) in [4.78, 5) is 13.9. The summed E-state index contributed by atoms with van der Waals surface area (Å²) in [5.74, 6) is 1.78. The van der Waals surface area contributed by atoms with E-state index in [1.807, 2.05) is 46.8 Å². The molecule has 0 spiro atoms. The standard InChI is InChI=1S/C17H30N2O4/c1-13-7-8-15(22-13)14(2)18-9-10-19(11-12-21-6)16(20)23-17(3,4)5/h7-8,14,18H,9-12H2,1-6H3. The van der Waals surface area contributed by atoms with E-state index in [4.69, 9.17) is 13.9 Å². The molecule has 0 bridgehead atoms. The third-order valence-corrected chi connectivity index (χ3v) is 3.24. The number of furan rings is 1. The molecule has 132 valence electrons. The van der Waals surface area contributed by atoms with Gasteiger partial charge in [-0.25, -0.2) is 4.79 Å². The summed E-state index contributed by atoms with van der Waals surface area (Å²) in [6, 6.07) is 3.99. The van der Waals surface area contributed by atoms with Crippen LogP contribution in [0.25, 0.3) is 0 Å². The first-order valence-corrected chi connectivity index (χ1v) is 7.99. The smallest absolute Gasteiger partial charge is 0.410 e. The van der Waals surface area contributed by atoms with Gasteiger partial charge in [0, 0.05) is 26.7 Å². The van der Waals surface area contributed by atoms with Crippen molar-refractivity contribution in [3.8, 4) is 0 Å². The van der Waals surface area contributed by atoms with E-state index in [-0.39, 0.29) is 12.1 Å². The highest BCUT2D eigenvalue weighted by Gasteiger charge is 2.22. The van der Waals surface area contributed by atoms with Crippen LogP contribution in [-0.2, 0) is 9.47 Å². The van der Waals surface area contributed by atoms with Gasteiger partial charge in [0.1, 0.15) is 17.1 Å². The van der Waals surface area contributed by atoms with Crippen molar-refractivity contribution in [3.05, 3.63) is 23.7 Å². The van der Waals surface area contributed by atoms with Gasteiger partial charge in [-0.05, 0) is 46.8 Å². The zero-order valence-corrected chi connectivity index (χ0v) is 15.1. The SMILES string of the molecule is COCCN(CCNC(C)c1ccc(C)o1)C(=O)OC(C)(C)C. The van der Waals surface area contributed by atoms with Gasteiger partial charge in [0.25, 0.3) is 0 Å². The lowest BCUT2D eigenvalue weighted by molar-refractivity contribution is 0.0203. The molecule has 1 rings (SSSR count). The molecular weight excluding hydrogens is 296 g/mol. The van der Waals surface area contributed by atoms with Crippen molar-refractivity contribution in [1.82, 2.24) is 10.2 Å². The summed E-state index contributed by atoms with van der Waals surface area (Å²) in [5, 5.41) is 3.35. The van der Waals surface area contributed by atoms with E-state index in [0.29, 0.717) is 26.2 Å². The highest BCUT2D eigenvalue weighted by Crippen LogP contribution is 2.15. The Bertz CT molecular complexity index is 479. The van der Waals surface area contributed by atoms with Gasteiger partial charge >= 0.3 is 6.09 Å². The lowest BCUT2D eigenvalue weighted by Gasteiger charge is -2.27. The van der Waals surface area contributed by atoms with Crippen LogP contribution in [0.1, 0.15) is 45.3 Å². The molecule has 6 heteroatoms. The van der Waals surface area contributed by atoms with E-state index >= 15 is 0 Å². The molecule has 1 heterocycles. The van der Waals surface area contributed by atoms with Crippen molar-refractivity contribution in [3.63, 3.8) is 0 Å². The van der Waals surface area contributed by atoms with E-state index in [2.05, 4.69) is 5.32 Å². The molecule has 0 aromatic carbocycles. The van der Waals surface area contributed by atoms with Gasteiger partial charge in [0.2, 0.25) is 0 Å². The van der Waals surface area contributed by atoms with Crippen molar-refractivity contribution in [1.29, 1.82) is 0 Å². The van der Waals surface area contributed by atoms with Gasteiger partial charge in [0.15, 0.2) is 0 Å². The monoisotopic (exact) mass is 326 g/mol. The molecule has 0 saturated heterocycles. The first-order chi connectivity index (χ1) is 10.7. The summed E-state index contributed by atoms with van der Waals surface area (Å²) < 4.78 is 16.1. The quantitative estimate of drug-likeness (QED) is 0.795. The van der Waals surface area contributed by atoms with E-state index in [9.17, 15) is 4.79 Å². The first kappa shape index (κ1) is 19.5. The number of hydrogen-bond donors (Lipinski definition) is 1. The van der Waals surface area contributed by atoms with E-state index < -0.39 is 5.60 Å². The number of nitrogens with zero attached hydrogens (tertiary/aromatic N) is 1. The Morgan fingerprint density at radius 1 is 1.35 bits per heavy atom. The highest BCUT2D eigenvalue weighted by molar-refractivity contribution is 5.68. The van der Waals surface area contributed by atoms with Crippen LogP contribution < -0.4 is 5.32 Å². The maximum Gasteiger partial charge on any atom is 0.410 e. The molecule has 1 N–H and O–H groups in total. The topological polar surface area (TPSA) is 63.9 Å². The Morgan fingerprint density at radius 2 is 2.04 bits per heavy atom. The van der Waals surface area contributed by atoms with Gasteiger partial charge in [-0.2, -0.15) is 0 Å². The second-order valence-electron chi connectivity index (χ2n) is 6.58. The number of ether oxygens (including phenoxy) is 2. The Morgan fingerprint density at radius 3 is 2.57 bits per heavy atom. The number of hydrogen-bond acceptors (Lipinski definition) is 5. The molecule has 0 radical (unpaired) electrons. The Labute approximate surface area is 139 Å². The summed E-state index contributed by atoms with van der Waals surface area (Å²) >= 11 is 0. The molecular formula is C17H30N2O4. The third-order valence-electron chi connectivity index (χ3n) is 3.24. The maximum absolute atomic E-state index is 12.2. The molecule has 1 unspecified atom stereocenters. The molecule has 1 atom stereocenters. The molecule has 0 aliphatic carbocycles. The first-order valence-electron chi connectivity index (χ1n) is 7.99. The lowest BCUT2D eigenvalue weighted by atomic mass is 10.2. The zero-order valence-electron chi connectivity index (χ0n) is 15.1. The predicted molar refractivity (Wildman–Crippen MR) is 89.5 cm³/mol. The molecule has 0 fully saturated rings. The zero-order chi connectivity index (χ0) is 17.5. The van der Waals surface area contributed by atoms with Crippen LogP contribution in [0.3, 0.4) is 0 Å². The minimum absolute atomic E-state index is 0.0895. The number of nitrogens with one attached hydrogen (secondary N) is 1. The minimum atomic E-state index is -0.505. The second-order valence-corrected chi connectivity index (χ2v) is 6.58. The molecule has 0 aliphatic heterocycles. The summed E-state index contributed by atoms with van der Waals surface area (Å²) in [7, 11) is 1.62. The van der Waals surface area contributed by atoms with E-state index in [1.165, 1.54) is 0 Å². The van der Waals surface area contributed by atoms with Gasteiger partial charge < -0.3 is 24.1 Å². The van der Waals surface area contributed by atoms with Crippen molar-refractivity contribution in [2.75, 3.05) is 33.4 Å². The van der Waals surface area contributed by atoms with Crippen LogP contribution in [0.15, 0.2) is 16.5 Å². The van der Waals surface area contributed by atoms with Gasteiger partial charge in [-0.15, -0.1) is 0 Å². The van der Waals surface area contributed by atoms with Gasteiger partial charge in [0.05, 0.1) is 12.6 Å². The summed E-state index contributed by atoms with van der Waals surface area (Å²) in [6.07, 6.45) is -0.321. The molecule has 0 aliphatic rings. The maximum atomic E-state index is 12.2. The largest absolute Gasteiger partial charge is 0.465 e. The number of rotatable bonds is 8. The third kappa shape index (κ3) is 7.52. The predicted octanol–water partition coefficient (Wildman–Crippen LogP) is 3.12. The van der Waals surface area contributed by atoms with Crippen molar-refractivity contribution in [2.45, 2.75) is 46.3 Å². The van der Waals surface area contributed by atoms with Crippen LogP contribution in [0.5, 0.6) is 0 Å². The summed E-state index contributed by atoms with van der Waals surface area (Å²) in [5.41, 5.74) is -0.505. The normalized spacial score (nSPS) is 13.0. The Balaban J connectivity index is 2.48. The fourth-order valence-electron chi connectivity index (χ4n) is 2.03. The van der Waals surface area contributed by atoms with E-state index in [1.54, 1.807) is 12.0 Å². The van der Waals surface area contributed by atoms with Crippen LogP contribution >= 0.6 is 0 Å². The van der Waals surface area contributed by atoms with Crippen molar-refractivity contribution < 1.29 is 18.7 Å².